The molecule has 2 rings (SSSR count). The Labute approximate surface area is 147 Å². The highest BCUT2D eigenvalue weighted by atomic mass is 32.2. The highest BCUT2D eigenvalue weighted by Crippen LogP contribution is 2.27. The fraction of sp³-hybridized carbons (Fsp3) is 0.467. The molecule has 2 aromatic rings. The fourth-order valence-electron chi connectivity index (χ4n) is 2.06. The van der Waals surface area contributed by atoms with Gasteiger partial charge in [-0.05, 0) is 25.5 Å². The van der Waals surface area contributed by atoms with Gasteiger partial charge < -0.3 is 9.88 Å². The van der Waals surface area contributed by atoms with Gasteiger partial charge in [-0.1, -0.05) is 18.7 Å². The summed E-state index contributed by atoms with van der Waals surface area (Å²) in [6.45, 7) is 2.81. The van der Waals surface area contributed by atoms with Gasteiger partial charge >= 0.3 is 6.18 Å². The number of alkyl halides is 3. The van der Waals surface area contributed by atoms with Crippen molar-refractivity contribution in [3.63, 3.8) is 0 Å². The lowest BCUT2D eigenvalue weighted by molar-refractivity contribution is -0.137. The predicted molar refractivity (Wildman–Crippen MR) is 87.9 cm³/mol. The SMILES string of the molecule is CCCn1c(SC(C)C(=O)NCC(F)(F)F)nnc1-c1ccncc1. The molecule has 0 aliphatic rings. The second kappa shape index (κ2) is 8.32. The Bertz CT molecular complexity index is 705. The van der Waals surface area contributed by atoms with Crippen LogP contribution in [0.4, 0.5) is 13.2 Å². The summed E-state index contributed by atoms with van der Waals surface area (Å²) in [7, 11) is 0. The molecule has 0 radical (unpaired) electrons. The normalized spacial score (nSPS) is 12.8. The van der Waals surface area contributed by atoms with Crippen molar-refractivity contribution in [2.75, 3.05) is 6.54 Å². The number of hydrogen-bond donors (Lipinski definition) is 1. The third-order valence-electron chi connectivity index (χ3n) is 3.22. The van der Waals surface area contributed by atoms with Gasteiger partial charge in [-0.2, -0.15) is 13.2 Å². The van der Waals surface area contributed by atoms with E-state index in [1.54, 1.807) is 24.5 Å². The number of pyridine rings is 1. The van der Waals surface area contributed by atoms with E-state index in [2.05, 4.69) is 15.2 Å². The van der Waals surface area contributed by atoms with E-state index in [0.29, 0.717) is 17.5 Å². The lowest BCUT2D eigenvalue weighted by Crippen LogP contribution is -2.38. The predicted octanol–water partition coefficient (Wildman–Crippen LogP) is 2.91. The molecule has 0 aromatic carbocycles. The summed E-state index contributed by atoms with van der Waals surface area (Å²) in [6, 6.07) is 3.59. The smallest absolute Gasteiger partial charge is 0.346 e. The van der Waals surface area contributed by atoms with Crippen molar-refractivity contribution in [2.45, 2.75) is 43.4 Å². The van der Waals surface area contributed by atoms with Crippen molar-refractivity contribution < 1.29 is 18.0 Å². The van der Waals surface area contributed by atoms with Crippen molar-refractivity contribution >= 4 is 17.7 Å². The molecule has 0 spiro atoms. The van der Waals surface area contributed by atoms with Crippen molar-refractivity contribution in [1.82, 2.24) is 25.1 Å². The molecule has 25 heavy (non-hydrogen) atoms. The fourth-order valence-corrected chi connectivity index (χ4v) is 2.96. The minimum Gasteiger partial charge on any atom is -0.346 e. The third-order valence-corrected chi connectivity index (χ3v) is 4.30. The molecule has 10 heteroatoms. The molecular weight excluding hydrogens is 355 g/mol. The molecule has 1 unspecified atom stereocenters. The largest absolute Gasteiger partial charge is 0.405 e. The second-order valence-corrected chi connectivity index (χ2v) is 6.59. The van der Waals surface area contributed by atoms with E-state index in [0.717, 1.165) is 23.7 Å². The zero-order chi connectivity index (χ0) is 18.4. The first-order valence-corrected chi connectivity index (χ1v) is 8.54. The van der Waals surface area contributed by atoms with Gasteiger partial charge in [0.1, 0.15) is 6.54 Å². The summed E-state index contributed by atoms with van der Waals surface area (Å²) >= 11 is 1.08. The number of nitrogens with zero attached hydrogens (tertiary/aromatic N) is 4. The van der Waals surface area contributed by atoms with Crippen LogP contribution >= 0.6 is 11.8 Å². The van der Waals surface area contributed by atoms with Crippen LogP contribution in [0.3, 0.4) is 0 Å². The van der Waals surface area contributed by atoms with Crippen LogP contribution in [0.25, 0.3) is 11.4 Å². The van der Waals surface area contributed by atoms with E-state index in [1.807, 2.05) is 16.8 Å². The van der Waals surface area contributed by atoms with E-state index in [9.17, 15) is 18.0 Å². The number of hydrogen-bond acceptors (Lipinski definition) is 5. The molecular formula is C15H18F3N5OS. The van der Waals surface area contributed by atoms with Crippen molar-refractivity contribution in [2.24, 2.45) is 0 Å². The topological polar surface area (TPSA) is 72.7 Å². The van der Waals surface area contributed by atoms with Crippen LogP contribution in [-0.4, -0.2) is 43.6 Å². The molecule has 1 N–H and O–H groups in total. The number of carbonyl (C=O) groups is 1. The Morgan fingerprint density at radius 1 is 1.32 bits per heavy atom. The van der Waals surface area contributed by atoms with Gasteiger partial charge in [-0.15, -0.1) is 10.2 Å². The average Bonchev–Trinajstić information content (AvgIpc) is 2.95. The molecule has 2 aromatic heterocycles. The lowest BCUT2D eigenvalue weighted by atomic mass is 10.2. The number of aromatic nitrogens is 4. The average molecular weight is 373 g/mol. The molecule has 0 bridgehead atoms. The Balaban J connectivity index is 2.14. The van der Waals surface area contributed by atoms with Crippen LogP contribution in [0.15, 0.2) is 29.7 Å². The molecule has 6 nitrogen and oxygen atoms in total. The Morgan fingerprint density at radius 3 is 2.60 bits per heavy atom. The van der Waals surface area contributed by atoms with E-state index >= 15 is 0 Å². The molecule has 136 valence electrons. The number of amides is 1. The zero-order valence-corrected chi connectivity index (χ0v) is 14.6. The molecule has 0 aliphatic carbocycles. The van der Waals surface area contributed by atoms with Gasteiger partial charge in [-0.25, -0.2) is 0 Å². The number of carbonyl (C=O) groups excluding carboxylic acids is 1. The Morgan fingerprint density at radius 2 is 2.00 bits per heavy atom. The minimum absolute atomic E-state index is 0.489. The molecule has 1 atom stereocenters. The monoisotopic (exact) mass is 373 g/mol. The first kappa shape index (κ1) is 19.2. The quantitative estimate of drug-likeness (QED) is 0.756. The summed E-state index contributed by atoms with van der Waals surface area (Å²) < 4.78 is 38.5. The maximum absolute atomic E-state index is 12.2. The van der Waals surface area contributed by atoms with Gasteiger partial charge in [0, 0.05) is 24.5 Å². The summed E-state index contributed by atoms with van der Waals surface area (Å²) in [5, 5.41) is 9.89. The zero-order valence-electron chi connectivity index (χ0n) is 13.7. The van der Waals surface area contributed by atoms with Crippen LogP contribution in [0.2, 0.25) is 0 Å². The van der Waals surface area contributed by atoms with Crippen molar-refractivity contribution in [3.05, 3.63) is 24.5 Å². The second-order valence-electron chi connectivity index (χ2n) is 5.29. The van der Waals surface area contributed by atoms with Crippen LogP contribution in [0.1, 0.15) is 20.3 Å². The van der Waals surface area contributed by atoms with E-state index < -0.39 is 23.9 Å². The number of halogens is 3. The van der Waals surface area contributed by atoms with Crippen molar-refractivity contribution in [3.8, 4) is 11.4 Å². The van der Waals surface area contributed by atoms with Gasteiger partial charge in [0.05, 0.1) is 5.25 Å². The van der Waals surface area contributed by atoms with Gasteiger partial charge in [0.15, 0.2) is 11.0 Å². The lowest BCUT2D eigenvalue weighted by Gasteiger charge is -2.14. The molecule has 0 saturated heterocycles. The molecule has 0 aliphatic heterocycles. The third kappa shape index (κ3) is 5.45. The van der Waals surface area contributed by atoms with Crippen molar-refractivity contribution in [1.29, 1.82) is 0 Å². The highest BCUT2D eigenvalue weighted by Gasteiger charge is 2.29. The van der Waals surface area contributed by atoms with Crippen LogP contribution in [-0.2, 0) is 11.3 Å². The molecule has 0 fully saturated rings. The minimum atomic E-state index is -4.43. The van der Waals surface area contributed by atoms with Crippen LogP contribution in [0.5, 0.6) is 0 Å². The van der Waals surface area contributed by atoms with E-state index in [1.165, 1.54) is 6.92 Å². The van der Waals surface area contributed by atoms with Gasteiger partial charge in [0.2, 0.25) is 5.91 Å². The Kier molecular flexibility index (Phi) is 6.40. The maximum atomic E-state index is 12.2. The number of thioether (sulfide) groups is 1. The first-order valence-electron chi connectivity index (χ1n) is 7.66. The van der Waals surface area contributed by atoms with E-state index in [4.69, 9.17) is 0 Å². The highest BCUT2D eigenvalue weighted by molar-refractivity contribution is 8.00. The van der Waals surface area contributed by atoms with Crippen LogP contribution in [0, 0.1) is 0 Å². The summed E-state index contributed by atoms with van der Waals surface area (Å²) in [5.74, 6) is -0.0616. The number of rotatable bonds is 7. The summed E-state index contributed by atoms with van der Waals surface area (Å²) in [5.41, 5.74) is 0.831. The van der Waals surface area contributed by atoms with E-state index in [-0.39, 0.29) is 0 Å². The molecule has 2 heterocycles. The summed E-state index contributed by atoms with van der Waals surface area (Å²) in [6.07, 6.45) is -0.338. The molecule has 0 saturated carbocycles. The number of nitrogens with one attached hydrogen (secondary N) is 1. The summed E-state index contributed by atoms with van der Waals surface area (Å²) in [4.78, 5) is 15.8. The standard InChI is InChI=1S/C15H18F3N5OS/c1-3-8-23-12(11-4-6-19-7-5-11)21-22-14(23)25-10(2)13(24)20-9-15(16,17)18/h4-7,10H,3,8-9H2,1-2H3,(H,20,24). The van der Waals surface area contributed by atoms with Crippen LogP contribution < -0.4 is 5.32 Å². The van der Waals surface area contributed by atoms with Gasteiger partial charge in [-0.3, -0.25) is 9.78 Å². The van der Waals surface area contributed by atoms with Gasteiger partial charge in [0.25, 0.3) is 0 Å². The Hall–Kier alpha value is -2.10. The molecule has 1 amide bonds. The maximum Gasteiger partial charge on any atom is 0.405 e. The first-order chi connectivity index (χ1) is 11.8.